The molecule has 1 saturated heterocycles. The van der Waals surface area contributed by atoms with E-state index in [9.17, 15) is 0 Å². The minimum absolute atomic E-state index is 0.203. The molecule has 0 unspecified atom stereocenters. The number of rotatable bonds is 9. The molecule has 32 heavy (non-hydrogen) atoms. The van der Waals surface area contributed by atoms with Crippen molar-refractivity contribution >= 4 is 16.7 Å². The van der Waals surface area contributed by atoms with Gasteiger partial charge in [-0.05, 0) is 18.6 Å². The van der Waals surface area contributed by atoms with Crippen molar-refractivity contribution < 1.29 is 23.3 Å². The highest BCUT2D eigenvalue weighted by Crippen LogP contribution is 2.36. The molecule has 8 heteroatoms. The second-order valence-electron chi connectivity index (χ2n) is 8.17. The van der Waals surface area contributed by atoms with Gasteiger partial charge in [0.05, 0.1) is 32.4 Å². The highest BCUT2D eigenvalue weighted by atomic mass is 19.1. The number of aromatic nitrogens is 2. The van der Waals surface area contributed by atoms with E-state index >= 15 is 4.39 Å². The van der Waals surface area contributed by atoms with Crippen LogP contribution in [0.1, 0.15) is 23.9 Å². The number of nitrogens with zero attached hydrogens (tertiary/aromatic N) is 2. The number of benzene rings is 2. The van der Waals surface area contributed by atoms with Gasteiger partial charge in [0.2, 0.25) is 0 Å². The summed E-state index contributed by atoms with van der Waals surface area (Å²) < 4.78 is 36.9. The van der Waals surface area contributed by atoms with Crippen LogP contribution in [0.2, 0.25) is 0 Å². The monoisotopic (exact) mass is 441 g/mol. The summed E-state index contributed by atoms with van der Waals surface area (Å²) in [4.78, 5) is 9.07. The smallest absolute Gasteiger partial charge is 0.162 e. The molecule has 0 spiro atoms. The largest absolute Gasteiger partial charge is 0.493 e. The van der Waals surface area contributed by atoms with Crippen molar-refractivity contribution in [1.29, 1.82) is 0 Å². The maximum Gasteiger partial charge on any atom is 0.162 e. The Bertz CT molecular complexity index is 1120. The second-order valence-corrected chi connectivity index (χ2v) is 8.17. The van der Waals surface area contributed by atoms with Gasteiger partial charge in [-0.25, -0.2) is 14.4 Å². The number of fused-ring (bicyclic) bond motifs is 1. The summed E-state index contributed by atoms with van der Waals surface area (Å²) in [5.41, 5.74) is 1.70. The Morgan fingerprint density at radius 2 is 1.94 bits per heavy atom. The lowest BCUT2D eigenvalue weighted by Gasteiger charge is -2.39. The molecule has 0 atom stereocenters. The molecule has 2 heterocycles. The number of hydrogen-bond acceptors (Lipinski definition) is 7. The van der Waals surface area contributed by atoms with Crippen LogP contribution in [0.25, 0.3) is 10.9 Å². The third kappa shape index (κ3) is 4.33. The van der Waals surface area contributed by atoms with Crippen LogP contribution < -0.4 is 14.8 Å². The normalized spacial score (nSPS) is 14.8. The third-order valence-electron chi connectivity index (χ3n) is 5.65. The molecule has 2 aromatic carbocycles. The highest BCUT2D eigenvalue weighted by Gasteiger charge is 2.37. The summed E-state index contributed by atoms with van der Waals surface area (Å²) in [7, 11) is 3.20. The van der Waals surface area contributed by atoms with E-state index in [0.29, 0.717) is 66.2 Å². The van der Waals surface area contributed by atoms with Crippen molar-refractivity contribution in [3.8, 4) is 11.5 Å². The first-order valence-electron chi connectivity index (χ1n) is 10.5. The van der Waals surface area contributed by atoms with E-state index in [1.807, 2.05) is 38.1 Å². The van der Waals surface area contributed by atoms with Gasteiger partial charge in [-0.2, -0.15) is 0 Å². The first kappa shape index (κ1) is 22.2. The van der Waals surface area contributed by atoms with Gasteiger partial charge in [0.25, 0.3) is 0 Å². The summed E-state index contributed by atoms with van der Waals surface area (Å²) in [6.45, 7) is 6.03. The molecule has 1 fully saturated rings. The predicted molar refractivity (Wildman–Crippen MR) is 120 cm³/mol. The zero-order chi connectivity index (χ0) is 22.7. The molecule has 170 valence electrons. The summed E-state index contributed by atoms with van der Waals surface area (Å²) >= 11 is 0. The molecule has 1 aliphatic heterocycles. The fourth-order valence-corrected chi connectivity index (χ4v) is 3.82. The second kappa shape index (κ2) is 9.26. The minimum atomic E-state index is -0.275. The molecule has 1 aromatic heterocycles. The molecule has 0 saturated carbocycles. The van der Waals surface area contributed by atoms with Crippen LogP contribution in [0.5, 0.6) is 11.5 Å². The number of ether oxygens (including phenoxy) is 4. The van der Waals surface area contributed by atoms with E-state index in [2.05, 4.69) is 15.3 Å². The maximum atomic E-state index is 15.2. The first-order valence-corrected chi connectivity index (χ1v) is 10.5. The Hall–Kier alpha value is -2.97. The topological polar surface area (TPSA) is 74.7 Å². The molecular formula is C24H28FN3O4. The van der Waals surface area contributed by atoms with Crippen molar-refractivity contribution in [2.75, 3.05) is 46.0 Å². The number of anilines is 1. The van der Waals surface area contributed by atoms with Crippen molar-refractivity contribution in [3.63, 3.8) is 0 Å². The van der Waals surface area contributed by atoms with E-state index in [1.54, 1.807) is 20.3 Å². The molecule has 1 N–H and O–H groups in total. The summed E-state index contributed by atoms with van der Waals surface area (Å²) in [6, 6.07) is 9.16. The Labute approximate surface area is 186 Å². The standard InChI is InChI=1S/C24H28FN3O4/c1-15-27-19-11-20(30-4)21(32-9-8-29-3)10-17(19)23(28-15)26-12-16-6-5-7-18(22(16)25)24(2)13-31-14-24/h5-7,10-11H,8-9,12-14H2,1-4H3,(H,26,27,28). The molecule has 1 aliphatic rings. The quantitative estimate of drug-likeness (QED) is 0.503. The molecule has 0 bridgehead atoms. The molecule has 0 aliphatic carbocycles. The number of nitrogens with one attached hydrogen (secondary N) is 1. The van der Waals surface area contributed by atoms with E-state index in [4.69, 9.17) is 18.9 Å². The van der Waals surface area contributed by atoms with E-state index < -0.39 is 0 Å². The van der Waals surface area contributed by atoms with Gasteiger partial charge >= 0.3 is 0 Å². The molecule has 0 radical (unpaired) electrons. The van der Waals surface area contributed by atoms with Crippen LogP contribution in [0, 0.1) is 12.7 Å². The van der Waals surface area contributed by atoms with E-state index in [-0.39, 0.29) is 17.8 Å². The van der Waals surface area contributed by atoms with Crippen molar-refractivity contribution in [1.82, 2.24) is 9.97 Å². The van der Waals surface area contributed by atoms with Crippen LogP contribution >= 0.6 is 0 Å². The van der Waals surface area contributed by atoms with Crippen molar-refractivity contribution in [3.05, 3.63) is 53.1 Å². The van der Waals surface area contributed by atoms with Gasteiger partial charge in [0.1, 0.15) is 24.1 Å². The number of halogens is 1. The molecular weight excluding hydrogens is 413 g/mol. The third-order valence-corrected chi connectivity index (χ3v) is 5.65. The summed E-state index contributed by atoms with van der Waals surface area (Å²) in [5, 5.41) is 4.05. The van der Waals surface area contributed by atoms with Crippen LogP contribution in [0.3, 0.4) is 0 Å². The zero-order valence-electron chi connectivity index (χ0n) is 18.8. The van der Waals surface area contributed by atoms with Crippen molar-refractivity contribution in [2.24, 2.45) is 0 Å². The van der Waals surface area contributed by atoms with Gasteiger partial charge < -0.3 is 24.3 Å². The zero-order valence-corrected chi connectivity index (χ0v) is 18.8. The SMILES string of the molecule is COCCOc1cc2c(NCc3cccc(C4(C)COC4)c3F)nc(C)nc2cc1OC. The Morgan fingerprint density at radius 1 is 1.12 bits per heavy atom. The lowest BCUT2D eigenvalue weighted by atomic mass is 9.80. The van der Waals surface area contributed by atoms with Crippen molar-refractivity contribution in [2.45, 2.75) is 25.8 Å². The van der Waals surface area contributed by atoms with Gasteiger partial charge in [-0.3, -0.25) is 0 Å². The summed E-state index contributed by atoms with van der Waals surface area (Å²) in [5.74, 6) is 2.15. The minimum Gasteiger partial charge on any atom is -0.493 e. The van der Waals surface area contributed by atoms with Gasteiger partial charge in [-0.15, -0.1) is 0 Å². The molecule has 4 rings (SSSR count). The van der Waals surface area contributed by atoms with Crippen LogP contribution in [0.4, 0.5) is 10.2 Å². The predicted octanol–water partition coefficient (Wildman–Crippen LogP) is 4.01. The Kier molecular flexibility index (Phi) is 6.43. The lowest BCUT2D eigenvalue weighted by Crippen LogP contribution is -2.44. The van der Waals surface area contributed by atoms with Gasteiger partial charge in [-0.1, -0.05) is 25.1 Å². The number of aryl methyl sites for hydroxylation is 1. The van der Waals surface area contributed by atoms with E-state index in [1.165, 1.54) is 0 Å². The molecule has 3 aromatic rings. The average Bonchev–Trinajstić information content (AvgIpc) is 2.76. The fraction of sp³-hybridized carbons (Fsp3) is 0.417. The van der Waals surface area contributed by atoms with Gasteiger partial charge in [0.15, 0.2) is 11.5 Å². The molecule has 0 amide bonds. The average molecular weight is 442 g/mol. The fourth-order valence-electron chi connectivity index (χ4n) is 3.82. The van der Waals surface area contributed by atoms with E-state index in [0.717, 1.165) is 5.39 Å². The van der Waals surface area contributed by atoms with Crippen LogP contribution in [-0.2, 0) is 21.4 Å². The van der Waals surface area contributed by atoms with Crippen LogP contribution in [-0.4, -0.2) is 50.6 Å². The molecule has 7 nitrogen and oxygen atoms in total. The summed E-state index contributed by atoms with van der Waals surface area (Å²) in [6.07, 6.45) is 0. The Balaban J connectivity index is 1.64. The first-order chi connectivity index (χ1) is 15.4. The number of hydrogen-bond donors (Lipinski definition) is 1. The maximum absolute atomic E-state index is 15.2. The Morgan fingerprint density at radius 3 is 2.62 bits per heavy atom. The highest BCUT2D eigenvalue weighted by molar-refractivity contribution is 5.91. The van der Waals surface area contributed by atoms with Crippen LogP contribution in [0.15, 0.2) is 30.3 Å². The lowest BCUT2D eigenvalue weighted by molar-refractivity contribution is -0.0516. The van der Waals surface area contributed by atoms with Gasteiger partial charge in [0, 0.05) is 36.1 Å². The number of methoxy groups -OCH3 is 2.